The summed E-state index contributed by atoms with van der Waals surface area (Å²) in [6.45, 7) is 3.60. The van der Waals surface area contributed by atoms with Crippen molar-refractivity contribution in [2.24, 2.45) is 0 Å². The van der Waals surface area contributed by atoms with Crippen molar-refractivity contribution >= 4 is 11.6 Å². The molecule has 0 unspecified atom stereocenters. The number of amides is 1. The first-order valence-corrected chi connectivity index (χ1v) is 5.56. The zero-order valence-electron chi connectivity index (χ0n) is 10.3. The van der Waals surface area contributed by atoms with Crippen molar-refractivity contribution in [1.29, 1.82) is 0 Å². The van der Waals surface area contributed by atoms with Crippen LogP contribution in [0.15, 0.2) is 24.3 Å². The van der Waals surface area contributed by atoms with E-state index in [1.165, 1.54) is 0 Å². The van der Waals surface area contributed by atoms with E-state index >= 15 is 0 Å². The Labute approximate surface area is 102 Å². The number of nitrogen functional groups attached to an aromatic ring is 1. The number of terminal acetylenes is 1. The molecule has 0 saturated carbocycles. The lowest BCUT2D eigenvalue weighted by Crippen LogP contribution is -2.42. The first-order chi connectivity index (χ1) is 7.93. The van der Waals surface area contributed by atoms with Gasteiger partial charge in [-0.05, 0) is 38.0 Å². The summed E-state index contributed by atoms with van der Waals surface area (Å²) in [5, 5.41) is 2.79. The van der Waals surface area contributed by atoms with Gasteiger partial charge in [0.15, 0.2) is 0 Å². The van der Waals surface area contributed by atoms with Crippen LogP contribution >= 0.6 is 0 Å². The molecule has 17 heavy (non-hydrogen) atoms. The van der Waals surface area contributed by atoms with E-state index in [-0.39, 0.29) is 5.91 Å². The smallest absolute Gasteiger partial charge is 0.221 e. The lowest BCUT2D eigenvalue weighted by molar-refractivity contribution is -0.122. The molecule has 0 saturated heterocycles. The highest BCUT2D eigenvalue weighted by Gasteiger charge is 2.16. The van der Waals surface area contributed by atoms with E-state index in [1.54, 1.807) is 13.8 Å². The highest BCUT2D eigenvalue weighted by Crippen LogP contribution is 2.08. The third-order valence-corrected chi connectivity index (χ3v) is 2.43. The van der Waals surface area contributed by atoms with E-state index in [9.17, 15) is 4.79 Å². The first-order valence-electron chi connectivity index (χ1n) is 5.56. The Morgan fingerprint density at radius 2 is 2.00 bits per heavy atom. The maximum absolute atomic E-state index is 11.6. The Morgan fingerprint density at radius 1 is 1.41 bits per heavy atom. The molecule has 0 atom stereocenters. The molecule has 1 aromatic carbocycles. The van der Waals surface area contributed by atoms with Gasteiger partial charge in [0.05, 0.1) is 5.54 Å². The average molecular weight is 230 g/mol. The Kier molecular flexibility index (Phi) is 4.17. The van der Waals surface area contributed by atoms with E-state index in [4.69, 9.17) is 12.2 Å². The average Bonchev–Trinajstić information content (AvgIpc) is 2.28. The molecule has 90 valence electrons. The van der Waals surface area contributed by atoms with Crippen molar-refractivity contribution in [1.82, 2.24) is 5.32 Å². The molecular weight excluding hydrogens is 212 g/mol. The van der Waals surface area contributed by atoms with Crippen molar-refractivity contribution in [3.63, 3.8) is 0 Å². The minimum absolute atomic E-state index is 0.0372. The molecule has 0 radical (unpaired) electrons. The summed E-state index contributed by atoms with van der Waals surface area (Å²) < 4.78 is 0. The summed E-state index contributed by atoms with van der Waals surface area (Å²) in [6.07, 6.45) is 6.41. The number of rotatable bonds is 4. The van der Waals surface area contributed by atoms with Crippen molar-refractivity contribution < 1.29 is 4.79 Å². The Bertz CT molecular complexity index is 427. The predicted octanol–water partition coefficient (Wildman–Crippen LogP) is 1.73. The lowest BCUT2D eigenvalue weighted by Gasteiger charge is -2.19. The molecule has 0 aliphatic carbocycles. The van der Waals surface area contributed by atoms with Crippen molar-refractivity contribution in [3.8, 4) is 12.3 Å². The number of aryl methyl sites for hydroxylation is 1. The Balaban J connectivity index is 2.44. The third kappa shape index (κ3) is 4.60. The van der Waals surface area contributed by atoms with Gasteiger partial charge in [-0.15, -0.1) is 6.42 Å². The number of nitrogens with two attached hydrogens (primary N) is 1. The minimum atomic E-state index is -0.585. The first kappa shape index (κ1) is 13.1. The van der Waals surface area contributed by atoms with Crippen molar-refractivity contribution in [3.05, 3.63) is 29.8 Å². The van der Waals surface area contributed by atoms with E-state index in [2.05, 4.69) is 11.2 Å². The van der Waals surface area contributed by atoms with Crippen LogP contribution in [0.25, 0.3) is 0 Å². The molecule has 3 N–H and O–H groups in total. The fourth-order valence-electron chi connectivity index (χ4n) is 1.39. The zero-order valence-corrected chi connectivity index (χ0v) is 10.3. The number of benzene rings is 1. The number of nitrogens with one attached hydrogen (secondary N) is 1. The number of hydrogen-bond donors (Lipinski definition) is 2. The van der Waals surface area contributed by atoms with Gasteiger partial charge >= 0.3 is 0 Å². The number of carbonyl (C=O) groups excluding carboxylic acids is 1. The molecule has 1 amide bonds. The highest BCUT2D eigenvalue weighted by atomic mass is 16.1. The van der Waals surface area contributed by atoms with E-state index in [0.29, 0.717) is 12.8 Å². The van der Waals surface area contributed by atoms with E-state index in [1.807, 2.05) is 24.3 Å². The zero-order chi connectivity index (χ0) is 12.9. The molecule has 3 nitrogen and oxygen atoms in total. The molecular formula is C14H18N2O. The normalized spacial score (nSPS) is 10.6. The summed E-state index contributed by atoms with van der Waals surface area (Å²) in [7, 11) is 0. The maximum Gasteiger partial charge on any atom is 0.221 e. The van der Waals surface area contributed by atoms with Gasteiger partial charge in [-0.25, -0.2) is 0 Å². The van der Waals surface area contributed by atoms with Crippen LogP contribution in [0.3, 0.4) is 0 Å². The van der Waals surface area contributed by atoms with Crippen LogP contribution in [-0.2, 0) is 11.2 Å². The second-order valence-electron chi connectivity index (χ2n) is 4.56. The summed E-state index contributed by atoms with van der Waals surface area (Å²) in [6, 6.07) is 7.51. The van der Waals surface area contributed by atoms with Gasteiger partial charge in [-0.1, -0.05) is 18.1 Å². The molecule has 0 aliphatic rings. The minimum Gasteiger partial charge on any atom is -0.399 e. The fourth-order valence-corrected chi connectivity index (χ4v) is 1.39. The van der Waals surface area contributed by atoms with Crippen LogP contribution in [-0.4, -0.2) is 11.4 Å². The number of carbonyl (C=O) groups is 1. The van der Waals surface area contributed by atoms with Gasteiger partial charge in [0.25, 0.3) is 0 Å². The van der Waals surface area contributed by atoms with Crippen LogP contribution < -0.4 is 11.1 Å². The molecule has 3 heteroatoms. The SMILES string of the molecule is C#CC(C)(C)NC(=O)CCc1ccc(N)cc1. The molecule has 0 spiro atoms. The van der Waals surface area contributed by atoms with Gasteiger partial charge in [0.2, 0.25) is 5.91 Å². The number of hydrogen-bond acceptors (Lipinski definition) is 2. The van der Waals surface area contributed by atoms with Crippen LogP contribution in [0.2, 0.25) is 0 Å². The summed E-state index contributed by atoms with van der Waals surface area (Å²) in [5.41, 5.74) is 6.82. The second kappa shape index (κ2) is 5.40. The predicted molar refractivity (Wildman–Crippen MR) is 70.2 cm³/mol. The van der Waals surface area contributed by atoms with Crippen molar-refractivity contribution in [2.75, 3.05) is 5.73 Å². The van der Waals surface area contributed by atoms with Crippen LogP contribution in [0.5, 0.6) is 0 Å². The van der Waals surface area contributed by atoms with E-state index < -0.39 is 5.54 Å². The largest absolute Gasteiger partial charge is 0.399 e. The summed E-state index contributed by atoms with van der Waals surface area (Å²) in [4.78, 5) is 11.6. The molecule has 1 aromatic rings. The van der Waals surface area contributed by atoms with Gasteiger partial charge in [0.1, 0.15) is 0 Å². The molecule has 0 aliphatic heterocycles. The van der Waals surface area contributed by atoms with Crippen LogP contribution in [0.1, 0.15) is 25.8 Å². The summed E-state index contributed by atoms with van der Waals surface area (Å²) >= 11 is 0. The molecule has 0 fully saturated rings. The number of anilines is 1. The van der Waals surface area contributed by atoms with Crippen molar-refractivity contribution in [2.45, 2.75) is 32.2 Å². The second-order valence-corrected chi connectivity index (χ2v) is 4.56. The Hall–Kier alpha value is -1.95. The maximum atomic E-state index is 11.6. The van der Waals surface area contributed by atoms with E-state index in [0.717, 1.165) is 11.3 Å². The summed E-state index contributed by atoms with van der Waals surface area (Å²) in [5.74, 6) is 2.49. The van der Waals surface area contributed by atoms with Gasteiger partial charge < -0.3 is 11.1 Å². The molecule has 0 aromatic heterocycles. The molecule has 0 bridgehead atoms. The topological polar surface area (TPSA) is 55.1 Å². The molecule has 1 rings (SSSR count). The standard InChI is InChI=1S/C14H18N2O/c1-4-14(2,3)16-13(17)10-7-11-5-8-12(15)9-6-11/h1,5-6,8-9H,7,10,15H2,2-3H3,(H,16,17). The van der Waals surface area contributed by atoms with Crippen LogP contribution in [0.4, 0.5) is 5.69 Å². The van der Waals surface area contributed by atoms with Crippen LogP contribution in [0, 0.1) is 12.3 Å². The van der Waals surface area contributed by atoms with Gasteiger partial charge in [-0.3, -0.25) is 4.79 Å². The van der Waals surface area contributed by atoms with Gasteiger partial charge in [-0.2, -0.15) is 0 Å². The monoisotopic (exact) mass is 230 g/mol. The third-order valence-electron chi connectivity index (χ3n) is 2.43. The van der Waals surface area contributed by atoms with Gasteiger partial charge in [0, 0.05) is 12.1 Å². The Morgan fingerprint density at radius 3 is 2.53 bits per heavy atom. The fraction of sp³-hybridized carbons (Fsp3) is 0.357. The highest BCUT2D eigenvalue weighted by molar-refractivity contribution is 5.77. The lowest BCUT2D eigenvalue weighted by atomic mass is 10.1. The molecule has 0 heterocycles. The quantitative estimate of drug-likeness (QED) is 0.611.